The zero-order chi connectivity index (χ0) is 19.8. The van der Waals surface area contributed by atoms with Crippen molar-refractivity contribution >= 4 is 5.91 Å². The summed E-state index contributed by atoms with van der Waals surface area (Å²) < 4.78 is 13.2. The number of carbonyl (C=O) groups excluding carboxylic acids is 1. The van der Waals surface area contributed by atoms with Gasteiger partial charge in [-0.25, -0.2) is 9.97 Å². The first-order valence-corrected chi connectivity index (χ1v) is 10.5. The Hall–Kier alpha value is -2.32. The van der Waals surface area contributed by atoms with Crippen LogP contribution in [0.4, 0.5) is 0 Å². The minimum Gasteiger partial charge on any atom is -0.381 e. The average molecular weight is 397 g/mol. The van der Waals surface area contributed by atoms with Gasteiger partial charge in [0.25, 0.3) is 5.91 Å². The summed E-state index contributed by atoms with van der Waals surface area (Å²) in [6.45, 7) is 3.57. The van der Waals surface area contributed by atoms with Crippen molar-refractivity contribution in [2.75, 3.05) is 32.9 Å². The molecule has 0 aromatic carbocycles. The standard InChI is InChI=1S/C21H27N5O3/c1-25-11-15(10-23-25)18-2-6-22-20(24-18)14-3-7-26(8-4-14)21(27)19-17-5-9-28-12-16(17)13-29-19/h2,6,10-11,14,16-17,19H,3-5,7-9,12-13H2,1H3. The van der Waals surface area contributed by atoms with Gasteiger partial charge >= 0.3 is 0 Å². The number of fused-ring (bicyclic) bond motifs is 1. The van der Waals surface area contributed by atoms with Crippen LogP contribution in [0.2, 0.25) is 0 Å². The second-order valence-electron chi connectivity index (χ2n) is 8.34. The molecule has 3 aliphatic heterocycles. The molecule has 3 fully saturated rings. The molecule has 154 valence electrons. The van der Waals surface area contributed by atoms with E-state index in [1.54, 1.807) is 4.68 Å². The summed E-state index contributed by atoms with van der Waals surface area (Å²) in [7, 11) is 1.90. The summed E-state index contributed by atoms with van der Waals surface area (Å²) in [4.78, 5) is 24.3. The van der Waals surface area contributed by atoms with Gasteiger partial charge in [0.2, 0.25) is 0 Å². The second-order valence-corrected chi connectivity index (χ2v) is 8.34. The van der Waals surface area contributed by atoms with Crippen LogP contribution in [0.5, 0.6) is 0 Å². The van der Waals surface area contributed by atoms with Crippen LogP contribution in [0, 0.1) is 11.8 Å². The largest absolute Gasteiger partial charge is 0.381 e. The fourth-order valence-electron chi connectivity index (χ4n) is 4.81. The normalized spacial score (nSPS) is 27.8. The SMILES string of the molecule is Cn1cc(-c2ccnc(C3CCN(C(=O)C4OCC5COCCC54)CC3)n2)cn1. The molecule has 0 saturated carbocycles. The van der Waals surface area contributed by atoms with E-state index in [0.29, 0.717) is 18.4 Å². The van der Waals surface area contributed by atoms with Gasteiger partial charge in [0.1, 0.15) is 11.9 Å². The van der Waals surface area contributed by atoms with Crippen LogP contribution in [0.1, 0.15) is 31.0 Å². The Kier molecular flexibility index (Phi) is 5.05. The van der Waals surface area contributed by atoms with E-state index in [0.717, 1.165) is 62.6 Å². The molecule has 5 heterocycles. The highest BCUT2D eigenvalue weighted by Crippen LogP contribution is 2.35. The van der Waals surface area contributed by atoms with Crippen LogP contribution in [0.3, 0.4) is 0 Å². The number of aromatic nitrogens is 4. The molecule has 0 radical (unpaired) electrons. The Bertz CT molecular complexity index is 877. The number of rotatable bonds is 3. The molecule has 5 rings (SSSR count). The lowest BCUT2D eigenvalue weighted by Gasteiger charge is -2.35. The number of nitrogens with zero attached hydrogens (tertiary/aromatic N) is 5. The Morgan fingerprint density at radius 1 is 1.21 bits per heavy atom. The number of aryl methyl sites for hydroxylation is 1. The van der Waals surface area contributed by atoms with E-state index < -0.39 is 0 Å². The number of hydrogen-bond donors (Lipinski definition) is 0. The molecule has 3 aliphatic rings. The molecule has 0 bridgehead atoms. The predicted octanol–water partition coefficient (Wildman–Crippen LogP) is 1.63. The molecule has 3 atom stereocenters. The van der Waals surface area contributed by atoms with Crippen LogP contribution >= 0.6 is 0 Å². The van der Waals surface area contributed by atoms with E-state index in [-0.39, 0.29) is 17.9 Å². The highest BCUT2D eigenvalue weighted by Gasteiger charge is 2.44. The van der Waals surface area contributed by atoms with Crippen molar-refractivity contribution in [1.82, 2.24) is 24.6 Å². The Morgan fingerprint density at radius 2 is 2.07 bits per heavy atom. The van der Waals surface area contributed by atoms with Gasteiger partial charge in [0.05, 0.1) is 25.1 Å². The summed E-state index contributed by atoms with van der Waals surface area (Å²) in [5.41, 5.74) is 1.89. The number of likely N-dealkylation sites (tertiary alicyclic amines) is 1. The lowest BCUT2D eigenvalue weighted by atomic mass is 9.86. The van der Waals surface area contributed by atoms with Gasteiger partial charge < -0.3 is 14.4 Å². The summed E-state index contributed by atoms with van der Waals surface area (Å²) in [5, 5.41) is 4.22. The number of amides is 1. The monoisotopic (exact) mass is 397 g/mol. The molecular weight excluding hydrogens is 370 g/mol. The van der Waals surface area contributed by atoms with Crippen LogP contribution in [-0.2, 0) is 21.3 Å². The van der Waals surface area contributed by atoms with E-state index in [4.69, 9.17) is 14.5 Å². The quantitative estimate of drug-likeness (QED) is 0.783. The topological polar surface area (TPSA) is 82.4 Å². The third kappa shape index (κ3) is 3.67. The third-order valence-corrected chi connectivity index (χ3v) is 6.50. The van der Waals surface area contributed by atoms with Crippen molar-refractivity contribution in [3.05, 3.63) is 30.5 Å². The van der Waals surface area contributed by atoms with Crippen molar-refractivity contribution in [2.45, 2.75) is 31.3 Å². The maximum Gasteiger partial charge on any atom is 0.252 e. The first kappa shape index (κ1) is 18.7. The number of ether oxygens (including phenoxy) is 2. The van der Waals surface area contributed by atoms with Crippen molar-refractivity contribution in [3.8, 4) is 11.3 Å². The minimum atomic E-state index is -0.286. The Morgan fingerprint density at radius 3 is 2.86 bits per heavy atom. The highest BCUT2D eigenvalue weighted by molar-refractivity contribution is 5.81. The predicted molar refractivity (Wildman–Crippen MR) is 105 cm³/mol. The fourth-order valence-corrected chi connectivity index (χ4v) is 4.81. The van der Waals surface area contributed by atoms with E-state index in [2.05, 4.69) is 10.1 Å². The van der Waals surface area contributed by atoms with Gasteiger partial charge in [-0.1, -0.05) is 0 Å². The molecule has 0 aliphatic carbocycles. The van der Waals surface area contributed by atoms with Gasteiger partial charge in [0, 0.05) is 62.5 Å². The molecule has 3 unspecified atom stereocenters. The fraction of sp³-hybridized carbons (Fsp3) is 0.619. The van der Waals surface area contributed by atoms with Crippen LogP contribution in [0.25, 0.3) is 11.3 Å². The van der Waals surface area contributed by atoms with Crippen LogP contribution in [0.15, 0.2) is 24.7 Å². The molecule has 2 aromatic rings. The number of piperidine rings is 1. The molecule has 8 heteroatoms. The molecule has 2 aromatic heterocycles. The minimum absolute atomic E-state index is 0.155. The zero-order valence-electron chi connectivity index (χ0n) is 16.7. The number of carbonyl (C=O) groups is 1. The Balaban J connectivity index is 1.22. The summed E-state index contributed by atoms with van der Waals surface area (Å²) in [6.07, 6.45) is 7.99. The second kappa shape index (κ2) is 7.84. The van der Waals surface area contributed by atoms with E-state index in [1.807, 2.05) is 36.6 Å². The molecule has 8 nitrogen and oxygen atoms in total. The third-order valence-electron chi connectivity index (χ3n) is 6.50. The van der Waals surface area contributed by atoms with E-state index in [1.165, 1.54) is 0 Å². The molecule has 0 N–H and O–H groups in total. The summed E-state index contributed by atoms with van der Waals surface area (Å²) in [6, 6.07) is 1.92. The lowest BCUT2D eigenvalue weighted by Crippen LogP contribution is -2.46. The molecule has 1 amide bonds. The molecule has 0 spiro atoms. The maximum absolute atomic E-state index is 13.1. The Labute approximate surface area is 170 Å². The molecule has 3 saturated heterocycles. The van der Waals surface area contributed by atoms with Gasteiger partial charge in [-0.2, -0.15) is 5.10 Å². The van der Waals surface area contributed by atoms with Crippen LogP contribution < -0.4 is 0 Å². The van der Waals surface area contributed by atoms with Crippen molar-refractivity contribution in [2.24, 2.45) is 18.9 Å². The van der Waals surface area contributed by atoms with E-state index in [9.17, 15) is 4.79 Å². The zero-order valence-corrected chi connectivity index (χ0v) is 16.7. The van der Waals surface area contributed by atoms with Gasteiger partial charge in [0.15, 0.2) is 0 Å². The lowest BCUT2D eigenvalue weighted by molar-refractivity contribution is -0.144. The van der Waals surface area contributed by atoms with Gasteiger partial charge in [-0.05, 0) is 25.3 Å². The van der Waals surface area contributed by atoms with E-state index >= 15 is 0 Å². The van der Waals surface area contributed by atoms with Crippen molar-refractivity contribution in [3.63, 3.8) is 0 Å². The van der Waals surface area contributed by atoms with Gasteiger partial charge in [-0.15, -0.1) is 0 Å². The first-order chi connectivity index (χ1) is 14.2. The highest BCUT2D eigenvalue weighted by atomic mass is 16.5. The molecular formula is C21H27N5O3. The molecule has 29 heavy (non-hydrogen) atoms. The summed E-state index contributed by atoms with van der Waals surface area (Å²) in [5.74, 6) is 1.98. The van der Waals surface area contributed by atoms with Gasteiger partial charge in [-0.3, -0.25) is 9.48 Å². The first-order valence-electron chi connectivity index (χ1n) is 10.5. The van der Waals surface area contributed by atoms with Crippen molar-refractivity contribution < 1.29 is 14.3 Å². The number of hydrogen-bond acceptors (Lipinski definition) is 6. The summed E-state index contributed by atoms with van der Waals surface area (Å²) >= 11 is 0. The smallest absolute Gasteiger partial charge is 0.252 e. The van der Waals surface area contributed by atoms with Crippen LogP contribution in [-0.4, -0.2) is 69.6 Å². The maximum atomic E-state index is 13.1. The average Bonchev–Trinajstić information content (AvgIpc) is 3.40. The van der Waals surface area contributed by atoms with Crippen molar-refractivity contribution in [1.29, 1.82) is 0 Å².